The fourth-order valence-electron chi connectivity index (χ4n) is 3.92. The summed E-state index contributed by atoms with van der Waals surface area (Å²) in [6.45, 7) is 6.12. The van der Waals surface area contributed by atoms with Gasteiger partial charge in [-0.1, -0.05) is 18.2 Å². The van der Waals surface area contributed by atoms with Crippen LogP contribution in [0.3, 0.4) is 0 Å². The fraction of sp³-hybridized carbons (Fsp3) is 0.304. The van der Waals surface area contributed by atoms with Crippen LogP contribution in [-0.2, 0) is 13.1 Å². The van der Waals surface area contributed by atoms with Gasteiger partial charge in [-0.2, -0.15) is 0 Å². The van der Waals surface area contributed by atoms with Crippen molar-refractivity contribution < 1.29 is 4.42 Å². The molecule has 0 aliphatic carbocycles. The minimum absolute atomic E-state index is 0.699. The van der Waals surface area contributed by atoms with Crippen molar-refractivity contribution in [2.24, 2.45) is 0 Å². The zero-order valence-electron chi connectivity index (χ0n) is 16.1. The Labute approximate surface area is 164 Å². The number of aromatic nitrogens is 3. The van der Waals surface area contributed by atoms with Crippen LogP contribution >= 0.6 is 0 Å². The summed E-state index contributed by atoms with van der Waals surface area (Å²) in [5.74, 6) is 0.699. The number of likely N-dealkylation sites (tertiary alicyclic amines) is 1. The number of fused-ring (bicyclic) bond motifs is 1. The molecule has 0 spiro atoms. The Morgan fingerprint density at radius 1 is 1.00 bits per heavy atom. The molecule has 1 aliphatic rings. The monoisotopic (exact) mass is 372 g/mol. The standard InChI is InChI=1S/C23H24N4O/c1-17-4-9-21-22(12-17)27(16-24-21)13-18-5-7-19(8-6-18)23-25-20(15-28-23)14-26-10-2-3-11-26/h4-9,12,15-16H,2-3,10-11,13-14H2,1H3. The van der Waals surface area contributed by atoms with Crippen molar-refractivity contribution in [3.05, 3.63) is 71.9 Å². The highest BCUT2D eigenvalue weighted by molar-refractivity contribution is 5.76. The van der Waals surface area contributed by atoms with Crippen LogP contribution in [-0.4, -0.2) is 32.5 Å². The molecular formula is C23H24N4O. The average molecular weight is 372 g/mol. The van der Waals surface area contributed by atoms with E-state index in [0.29, 0.717) is 5.89 Å². The maximum atomic E-state index is 5.72. The van der Waals surface area contributed by atoms with Gasteiger partial charge in [-0.15, -0.1) is 0 Å². The predicted molar refractivity (Wildman–Crippen MR) is 110 cm³/mol. The molecule has 0 amide bonds. The minimum Gasteiger partial charge on any atom is -0.444 e. The molecule has 0 atom stereocenters. The van der Waals surface area contributed by atoms with E-state index in [0.717, 1.165) is 29.9 Å². The van der Waals surface area contributed by atoms with E-state index in [2.05, 4.69) is 68.8 Å². The molecule has 142 valence electrons. The van der Waals surface area contributed by atoms with Gasteiger partial charge in [0.25, 0.3) is 0 Å². The highest BCUT2D eigenvalue weighted by Gasteiger charge is 2.14. The SMILES string of the molecule is Cc1ccc2ncn(Cc3ccc(-c4nc(CN5CCCC5)co4)cc3)c2c1. The largest absolute Gasteiger partial charge is 0.444 e. The van der Waals surface area contributed by atoms with Crippen molar-refractivity contribution in [3.8, 4) is 11.5 Å². The van der Waals surface area contributed by atoms with Crippen molar-refractivity contribution >= 4 is 11.0 Å². The minimum atomic E-state index is 0.699. The Morgan fingerprint density at radius 3 is 2.64 bits per heavy atom. The molecule has 1 fully saturated rings. The maximum Gasteiger partial charge on any atom is 0.226 e. The molecule has 0 unspecified atom stereocenters. The second-order valence-corrected chi connectivity index (χ2v) is 7.69. The second kappa shape index (κ2) is 7.24. The lowest BCUT2D eigenvalue weighted by Gasteiger charge is -2.11. The van der Waals surface area contributed by atoms with Crippen LogP contribution < -0.4 is 0 Å². The number of benzene rings is 2. The Kier molecular flexibility index (Phi) is 4.45. The van der Waals surface area contributed by atoms with Gasteiger partial charge in [0.2, 0.25) is 5.89 Å². The van der Waals surface area contributed by atoms with E-state index in [1.165, 1.54) is 42.6 Å². The Balaban J connectivity index is 1.31. The van der Waals surface area contributed by atoms with Crippen LogP contribution in [0, 0.1) is 6.92 Å². The summed E-state index contributed by atoms with van der Waals surface area (Å²) in [6.07, 6.45) is 6.29. The van der Waals surface area contributed by atoms with Gasteiger partial charge < -0.3 is 8.98 Å². The molecular weight excluding hydrogens is 348 g/mol. The lowest BCUT2D eigenvalue weighted by Crippen LogP contribution is -2.18. The number of imidazole rings is 1. The van der Waals surface area contributed by atoms with E-state index in [-0.39, 0.29) is 0 Å². The zero-order valence-corrected chi connectivity index (χ0v) is 16.1. The summed E-state index contributed by atoms with van der Waals surface area (Å²) in [6, 6.07) is 14.8. The first-order valence-electron chi connectivity index (χ1n) is 9.92. The maximum absolute atomic E-state index is 5.72. The molecule has 0 radical (unpaired) electrons. The number of rotatable bonds is 5. The van der Waals surface area contributed by atoms with Crippen LogP contribution in [0.2, 0.25) is 0 Å². The van der Waals surface area contributed by atoms with Crippen LogP contribution in [0.15, 0.2) is 59.5 Å². The summed E-state index contributed by atoms with van der Waals surface area (Å²) in [7, 11) is 0. The van der Waals surface area contributed by atoms with Crippen LogP contribution in [0.25, 0.3) is 22.5 Å². The first kappa shape index (κ1) is 17.2. The molecule has 5 rings (SSSR count). The van der Waals surface area contributed by atoms with E-state index >= 15 is 0 Å². The van der Waals surface area contributed by atoms with Crippen LogP contribution in [0.5, 0.6) is 0 Å². The fourth-order valence-corrected chi connectivity index (χ4v) is 3.92. The van der Waals surface area contributed by atoms with E-state index < -0.39 is 0 Å². The quantitative estimate of drug-likeness (QED) is 0.512. The third kappa shape index (κ3) is 3.45. The molecule has 1 saturated heterocycles. The molecule has 0 saturated carbocycles. The average Bonchev–Trinajstić information content (AvgIpc) is 3.45. The topological polar surface area (TPSA) is 47.1 Å². The third-order valence-electron chi connectivity index (χ3n) is 5.47. The van der Waals surface area contributed by atoms with Crippen molar-refractivity contribution in [2.45, 2.75) is 32.9 Å². The molecule has 5 heteroatoms. The van der Waals surface area contributed by atoms with Gasteiger partial charge >= 0.3 is 0 Å². The number of aryl methyl sites for hydroxylation is 1. The summed E-state index contributed by atoms with van der Waals surface area (Å²) >= 11 is 0. The number of hydrogen-bond donors (Lipinski definition) is 0. The molecule has 0 bridgehead atoms. The zero-order chi connectivity index (χ0) is 18.9. The molecule has 28 heavy (non-hydrogen) atoms. The lowest BCUT2D eigenvalue weighted by atomic mass is 10.1. The van der Waals surface area contributed by atoms with Gasteiger partial charge in [0.1, 0.15) is 6.26 Å². The second-order valence-electron chi connectivity index (χ2n) is 7.69. The normalized spacial score (nSPS) is 14.9. The van der Waals surface area contributed by atoms with Crippen molar-refractivity contribution in [3.63, 3.8) is 0 Å². The predicted octanol–water partition coefficient (Wildman–Crippen LogP) is 4.64. The summed E-state index contributed by atoms with van der Waals surface area (Å²) < 4.78 is 7.92. The van der Waals surface area contributed by atoms with Gasteiger partial charge in [-0.05, 0) is 68.2 Å². The van der Waals surface area contributed by atoms with Crippen molar-refractivity contribution in [1.29, 1.82) is 0 Å². The van der Waals surface area contributed by atoms with Crippen LogP contribution in [0.1, 0.15) is 29.7 Å². The first-order valence-corrected chi connectivity index (χ1v) is 9.92. The van der Waals surface area contributed by atoms with Gasteiger partial charge in [0.15, 0.2) is 0 Å². The van der Waals surface area contributed by atoms with E-state index in [4.69, 9.17) is 4.42 Å². The number of nitrogens with zero attached hydrogens (tertiary/aromatic N) is 4. The molecule has 5 nitrogen and oxygen atoms in total. The van der Waals surface area contributed by atoms with Gasteiger partial charge in [-0.25, -0.2) is 9.97 Å². The van der Waals surface area contributed by atoms with Gasteiger partial charge in [0, 0.05) is 18.7 Å². The van der Waals surface area contributed by atoms with E-state index in [1.54, 1.807) is 6.26 Å². The summed E-state index contributed by atoms with van der Waals surface area (Å²) in [4.78, 5) is 11.6. The summed E-state index contributed by atoms with van der Waals surface area (Å²) in [5, 5.41) is 0. The van der Waals surface area contributed by atoms with Crippen LogP contribution in [0.4, 0.5) is 0 Å². The number of hydrogen-bond acceptors (Lipinski definition) is 4. The molecule has 3 heterocycles. The van der Waals surface area contributed by atoms with Crippen molar-refractivity contribution in [1.82, 2.24) is 19.4 Å². The Bertz CT molecular complexity index is 1090. The smallest absolute Gasteiger partial charge is 0.226 e. The highest BCUT2D eigenvalue weighted by atomic mass is 16.3. The third-order valence-corrected chi connectivity index (χ3v) is 5.47. The first-order chi connectivity index (χ1) is 13.7. The molecule has 2 aromatic heterocycles. The Morgan fingerprint density at radius 2 is 1.82 bits per heavy atom. The molecule has 0 N–H and O–H groups in total. The number of oxazole rings is 1. The molecule has 1 aliphatic heterocycles. The van der Waals surface area contributed by atoms with Gasteiger partial charge in [0.05, 0.1) is 23.1 Å². The van der Waals surface area contributed by atoms with E-state index in [9.17, 15) is 0 Å². The van der Waals surface area contributed by atoms with Gasteiger partial charge in [-0.3, -0.25) is 4.90 Å². The lowest BCUT2D eigenvalue weighted by molar-refractivity contribution is 0.327. The van der Waals surface area contributed by atoms with Crippen molar-refractivity contribution in [2.75, 3.05) is 13.1 Å². The summed E-state index contributed by atoms with van der Waals surface area (Å²) in [5.41, 5.74) is 6.71. The van der Waals surface area contributed by atoms with E-state index in [1.807, 2.05) is 6.33 Å². The molecule has 4 aromatic rings. The Hall–Kier alpha value is -2.92. The highest BCUT2D eigenvalue weighted by Crippen LogP contribution is 2.22. The molecule has 2 aromatic carbocycles.